The van der Waals surface area contributed by atoms with Gasteiger partial charge in [-0.1, -0.05) is 0 Å². The Morgan fingerprint density at radius 1 is 1.12 bits per heavy atom. The second-order valence-corrected chi connectivity index (χ2v) is 4.07. The third-order valence-corrected chi connectivity index (χ3v) is 3.13. The normalized spacial score (nSPS) is 23.8. The van der Waals surface area contributed by atoms with Gasteiger partial charge < -0.3 is 20.3 Å². The van der Waals surface area contributed by atoms with Gasteiger partial charge in [0.15, 0.2) is 0 Å². The second kappa shape index (κ2) is 4.31. The standard InChI is InChI=1S/C12H17NO3/c1-15-11-3-4-12(16-2)8-6-10(14)9(13)5-7(8)11/h3-4,9-10,14H,5-6,13H2,1-2H3/t9-,10+/m0/s1. The molecule has 3 N–H and O–H groups in total. The van der Waals surface area contributed by atoms with E-state index in [4.69, 9.17) is 15.2 Å². The van der Waals surface area contributed by atoms with Crippen LogP contribution in [-0.2, 0) is 12.8 Å². The van der Waals surface area contributed by atoms with Gasteiger partial charge in [0.2, 0.25) is 0 Å². The first kappa shape index (κ1) is 11.2. The Bertz CT molecular complexity index is 355. The number of aliphatic hydroxyl groups excluding tert-OH is 1. The van der Waals surface area contributed by atoms with Crippen LogP contribution in [0.4, 0.5) is 0 Å². The van der Waals surface area contributed by atoms with Crippen molar-refractivity contribution in [2.45, 2.75) is 25.0 Å². The summed E-state index contributed by atoms with van der Waals surface area (Å²) >= 11 is 0. The molecule has 0 unspecified atom stereocenters. The zero-order valence-electron chi connectivity index (χ0n) is 9.56. The second-order valence-electron chi connectivity index (χ2n) is 4.07. The molecule has 4 nitrogen and oxygen atoms in total. The minimum absolute atomic E-state index is 0.228. The van der Waals surface area contributed by atoms with Crippen LogP contribution in [0.5, 0.6) is 11.5 Å². The molecular weight excluding hydrogens is 206 g/mol. The van der Waals surface area contributed by atoms with Crippen LogP contribution in [0.1, 0.15) is 11.1 Å². The fraction of sp³-hybridized carbons (Fsp3) is 0.500. The van der Waals surface area contributed by atoms with Crippen LogP contribution in [0.3, 0.4) is 0 Å². The summed E-state index contributed by atoms with van der Waals surface area (Å²) in [6.45, 7) is 0. The highest BCUT2D eigenvalue weighted by molar-refractivity contribution is 5.51. The van der Waals surface area contributed by atoms with E-state index in [9.17, 15) is 5.11 Å². The highest BCUT2D eigenvalue weighted by Gasteiger charge is 2.28. The molecule has 0 amide bonds. The molecule has 1 aliphatic rings. The van der Waals surface area contributed by atoms with Gasteiger partial charge in [-0.2, -0.15) is 0 Å². The van der Waals surface area contributed by atoms with Crippen molar-refractivity contribution in [1.29, 1.82) is 0 Å². The van der Waals surface area contributed by atoms with Crippen molar-refractivity contribution in [3.8, 4) is 11.5 Å². The van der Waals surface area contributed by atoms with Crippen LogP contribution < -0.4 is 15.2 Å². The van der Waals surface area contributed by atoms with E-state index in [-0.39, 0.29) is 6.04 Å². The molecule has 0 heterocycles. The fourth-order valence-corrected chi connectivity index (χ4v) is 2.21. The number of nitrogens with two attached hydrogens (primary N) is 1. The van der Waals surface area contributed by atoms with E-state index in [1.165, 1.54) is 0 Å². The first-order chi connectivity index (χ1) is 7.67. The smallest absolute Gasteiger partial charge is 0.122 e. The van der Waals surface area contributed by atoms with Gasteiger partial charge in [0.05, 0.1) is 20.3 Å². The van der Waals surface area contributed by atoms with Gasteiger partial charge in [-0.25, -0.2) is 0 Å². The first-order valence-electron chi connectivity index (χ1n) is 5.33. The van der Waals surface area contributed by atoms with Crippen LogP contribution in [-0.4, -0.2) is 31.5 Å². The molecule has 0 bridgehead atoms. The van der Waals surface area contributed by atoms with Crippen molar-refractivity contribution >= 4 is 0 Å². The van der Waals surface area contributed by atoms with Crippen LogP contribution in [0.15, 0.2) is 12.1 Å². The van der Waals surface area contributed by atoms with E-state index in [0.717, 1.165) is 22.6 Å². The number of fused-ring (bicyclic) bond motifs is 1. The van der Waals surface area contributed by atoms with Gasteiger partial charge in [-0.15, -0.1) is 0 Å². The van der Waals surface area contributed by atoms with Crippen LogP contribution in [0.25, 0.3) is 0 Å². The summed E-state index contributed by atoms with van der Waals surface area (Å²) in [5.41, 5.74) is 7.93. The molecule has 2 atom stereocenters. The van der Waals surface area contributed by atoms with E-state index in [1.807, 2.05) is 12.1 Å². The van der Waals surface area contributed by atoms with Crippen molar-refractivity contribution in [2.24, 2.45) is 5.73 Å². The molecule has 0 radical (unpaired) electrons. The Hall–Kier alpha value is -1.26. The molecule has 0 saturated carbocycles. The topological polar surface area (TPSA) is 64.7 Å². The Kier molecular flexibility index (Phi) is 3.03. The Morgan fingerprint density at radius 3 is 2.12 bits per heavy atom. The third kappa shape index (κ3) is 1.74. The molecule has 0 saturated heterocycles. The molecule has 1 aliphatic carbocycles. The summed E-state index contributed by atoms with van der Waals surface area (Å²) in [6, 6.07) is 3.51. The van der Waals surface area contributed by atoms with Crippen molar-refractivity contribution < 1.29 is 14.6 Å². The summed E-state index contributed by atoms with van der Waals surface area (Å²) in [7, 11) is 3.27. The van der Waals surface area contributed by atoms with Gasteiger partial charge in [-0.3, -0.25) is 0 Å². The number of methoxy groups -OCH3 is 2. The molecule has 88 valence electrons. The van der Waals surface area contributed by atoms with E-state index in [0.29, 0.717) is 12.8 Å². The molecule has 0 aliphatic heterocycles. The molecule has 0 fully saturated rings. The monoisotopic (exact) mass is 223 g/mol. The van der Waals surface area contributed by atoms with Gasteiger partial charge in [-0.05, 0) is 18.6 Å². The summed E-state index contributed by atoms with van der Waals surface area (Å²) in [6.07, 6.45) is 0.641. The van der Waals surface area contributed by atoms with Gasteiger partial charge in [0.25, 0.3) is 0 Å². The van der Waals surface area contributed by atoms with Crippen molar-refractivity contribution in [2.75, 3.05) is 14.2 Å². The van der Waals surface area contributed by atoms with E-state index >= 15 is 0 Å². The van der Waals surface area contributed by atoms with Crippen molar-refractivity contribution in [1.82, 2.24) is 0 Å². The minimum atomic E-state index is -0.506. The number of aliphatic hydroxyl groups is 1. The Labute approximate surface area is 95.0 Å². The molecule has 0 spiro atoms. The maximum atomic E-state index is 9.79. The molecule has 0 aromatic heterocycles. The first-order valence-corrected chi connectivity index (χ1v) is 5.33. The number of rotatable bonds is 2. The predicted octanol–water partition coefficient (Wildman–Crippen LogP) is 0.491. The lowest BCUT2D eigenvalue weighted by Gasteiger charge is -2.29. The number of ether oxygens (including phenoxy) is 2. The predicted molar refractivity (Wildman–Crippen MR) is 60.9 cm³/mol. The summed E-state index contributed by atoms with van der Waals surface area (Å²) in [5.74, 6) is 1.61. The summed E-state index contributed by atoms with van der Waals surface area (Å²) in [5, 5.41) is 9.79. The maximum absolute atomic E-state index is 9.79. The number of benzene rings is 1. The molecule has 1 aromatic carbocycles. The van der Waals surface area contributed by atoms with Gasteiger partial charge in [0, 0.05) is 23.6 Å². The summed E-state index contributed by atoms with van der Waals surface area (Å²) < 4.78 is 10.6. The zero-order valence-corrected chi connectivity index (χ0v) is 9.56. The molecule has 2 rings (SSSR count). The highest BCUT2D eigenvalue weighted by atomic mass is 16.5. The summed E-state index contributed by atoms with van der Waals surface area (Å²) in [4.78, 5) is 0. The Balaban J connectivity index is 2.50. The maximum Gasteiger partial charge on any atom is 0.122 e. The molecule has 4 heteroatoms. The fourth-order valence-electron chi connectivity index (χ4n) is 2.21. The molecule has 16 heavy (non-hydrogen) atoms. The number of hydrogen-bond donors (Lipinski definition) is 2. The lowest BCUT2D eigenvalue weighted by molar-refractivity contribution is 0.135. The molecule has 1 aromatic rings. The zero-order chi connectivity index (χ0) is 11.7. The molecular formula is C12H17NO3. The third-order valence-electron chi connectivity index (χ3n) is 3.13. The highest BCUT2D eigenvalue weighted by Crippen LogP contribution is 2.35. The quantitative estimate of drug-likeness (QED) is 0.766. The minimum Gasteiger partial charge on any atom is -0.496 e. The van der Waals surface area contributed by atoms with Crippen LogP contribution in [0, 0.1) is 0 Å². The van der Waals surface area contributed by atoms with E-state index in [2.05, 4.69) is 0 Å². The SMILES string of the molecule is COc1ccc(OC)c2c1C[C@@H](O)[C@@H](N)C2. The van der Waals surface area contributed by atoms with E-state index in [1.54, 1.807) is 14.2 Å². The average molecular weight is 223 g/mol. The lowest BCUT2D eigenvalue weighted by Crippen LogP contribution is -2.41. The number of hydrogen-bond acceptors (Lipinski definition) is 4. The van der Waals surface area contributed by atoms with Crippen molar-refractivity contribution in [3.63, 3.8) is 0 Å². The van der Waals surface area contributed by atoms with Gasteiger partial charge >= 0.3 is 0 Å². The van der Waals surface area contributed by atoms with Gasteiger partial charge in [0.1, 0.15) is 11.5 Å². The largest absolute Gasteiger partial charge is 0.496 e. The van der Waals surface area contributed by atoms with E-state index < -0.39 is 6.10 Å². The van der Waals surface area contributed by atoms with Crippen LogP contribution >= 0.6 is 0 Å². The Morgan fingerprint density at radius 2 is 1.62 bits per heavy atom. The average Bonchev–Trinajstić information content (AvgIpc) is 2.29. The van der Waals surface area contributed by atoms with Crippen LogP contribution in [0.2, 0.25) is 0 Å². The van der Waals surface area contributed by atoms with Crippen molar-refractivity contribution in [3.05, 3.63) is 23.3 Å². The lowest BCUT2D eigenvalue weighted by atomic mass is 9.85.